The van der Waals surface area contributed by atoms with Crippen LogP contribution in [0.3, 0.4) is 0 Å². The number of carbonyl (C=O) groups is 1. The van der Waals surface area contributed by atoms with Crippen molar-refractivity contribution < 1.29 is 22.7 Å². The number of aliphatic imine (C=N–C) groups is 1. The van der Waals surface area contributed by atoms with Crippen LogP contribution >= 0.6 is 24.0 Å². The lowest BCUT2D eigenvalue weighted by Crippen LogP contribution is -2.42. The number of hydrogen-bond acceptors (Lipinski definition) is 3. The molecule has 3 N–H and O–H groups in total. The van der Waals surface area contributed by atoms with Crippen LogP contribution in [0.1, 0.15) is 11.1 Å². The summed E-state index contributed by atoms with van der Waals surface area (Å²) in [6, 6.07) is 15.8. The van der Waals surface area contributed by atoms with E-state index in [-0.39, 0.29) is 42.2 Å². The van der Waals surface area contributed by atoms with Crippen LogP contribution in [0.4, 0.5) is 13.2 Å². The van der Waals surface area contributed by atoms with Crippen LogP contribution < -0.4 is 20.7 Å². The van der Waals surface area contributed by atoms with E-state index in [0.717, 1.165) is 11.1 Å². The van der Waals surface area contributed by atoms with Crippen molar-refractivity contribution in [2.24, 2.45) is 4.99 Å². The predicted molar refractivity (Wildman–Crippen MR) is 120 cm³/mol. The van der Waals surface area contributed by atoms with E-state index in [0.29, 0.717) is 19.0 Å². The summed E-state index contributed by atoms with van der Waals surface area (Å²) < 4.78 is 41.1. The Morgan fingerprint density at radius 2 is 1.53 bits per heavy atom. The first-order valence-corrected chi connectivity index (χ1v) is 8.89. The maximum Gasteiger partial charge on any atom is 0.422 e. The Hall–Kier alpha value is -2.50. The van der Waals surface area contributed by atoms with Crippen molar-refractivity contribution in [3.8, 4) is 5.75 Å². The minimum absolute atomic E-state index is 0. The van der Waals surface area contributed by atoms with Crippen LogP contribution in [-0.4, -0.2) is 38.2 Å². The molecule has 0 aliphatic heterocycles. The molecule has 0 atom stereocenters. The van der Waals surface area contributed by atoms with Crippen molar-refractivity contribution in [3.63, 3.8) is 0 Å². The quantitative estimate of drug-likeness (QED) is 0.275. The number of carbonyl (C=O) groups excluding carboxylic acids is 1. The first-order valence-electron chi connectivity index (χ1n) is 8.89. The van der Waals surface area contributed by atoms with Gasteiger partial charge in [-0.1, -0.05) is 42.5 Å². The Balaban J connectivity index is 0.00000450. The smallest absolute Gasteiger partial charge is 0.422 e. The summed E-state index contributed by atoms with van der Waals surface area (Å²) in [5, 5.41) is 8.73. The Morgan fingerprint density at radius 3 is 2.13 bits per heavy atom. The third-order valence-electron chi connectivity index (χ3n) is 3.76. The molecule has 0 saturated carbocycles. The molecular formula is C20H24F3IN4O2. The second kappa shape index (κ2) is 12.9. The summed E-state index contributed by atoms with van der Waals surface area (Å²) >= 11 is 0. The van der Waals surface area contributed by atoms with Gasteiger partial charge in [-0.05, 0) is 23.3 Å². The summed E-state index contributed by atoms with van der Waals surface area (Å²) in [4.78, 5) is 16.0. The summed E-state index contributed by atoms with van der Waals surface area (Å²) in [6.07, 6.45) is -4.37. The molecule has 0 unspecified atom stereocenters. The highest BCUT2D eigenvalue weighted by Crippen LogP contribution is 2.18. The van der Waals surface area contributed by atoms with E-state index in [2.05, 4.69) is 25.7 Å². The second-order valence-corrected chi connectivity index (χ2v) is 6.09. The van der Waals surface area contributed by atoms with Gasteiger partial charge in [-0.3, -0.25) is 9.79 Å². The Bertz CT molecular complexity index is 800. The van der Waals surface area contributed by atoms with E-state index >= 15 is 0 Å². The molecule has 0 fully saturated rings. The van der Waals surface area contributed by atoms with E-state index in [1.165, 1.54) is 12.1 Å². The summed E-state index contributed by atoms with van der Waals surface area (Å²) in [7, 11) is 1.57. The van der Waals surface area contributed by atoms with Crippen LogP contribution in [0, 0.1) is 0 Å². The topological polar surface area (TPSA) is 74.8 Å². The Labute approximate surface area is 190 Å². The van der Waals surface area contributed by atoms with E-state index in [4.69, 9.17) is 0 Å². The van der Waals surface area contributed by atoms with Crippen LogP contribution in [0.25, 0.3) is 0 Å². The molecule has 0 saturated heterocycles. The molecule has 0 spiro atoms. The first kappa shape index (κ1) is 25.5. The zero-order valence-electron chi connectivity index (χ0n) is 16.3. The molecule has 2 rings (SSSR count). The van der Waals surface area contributed by atoms with Crippen LogP contribution in [0.15, 0.2) is 59.6 Å². The third kappa shape index (κ3) is 10.3. The second-order valence-electron chi connectivity index (χ2n) is 6.09. The average molecular weight is 536 g/mol. The molecule has 0 aromatic heterocycles. The minimum Gasteiger partial charge on any atom is -0.484 e. The molecule has 0 heterocycles. The van der Waals surface area contributed by atoms with Crippen molar-refractivity contribution in [1.82, 2.24) is 16.0 Å². The number of halogens is 4. The summed E-state index contributed by atoms with van der Waals surface area (Å²) in [5.74, 6) is 0.392. The summed E-state index contributed by atoms with van der Waals surface area (Å²) in [5.41, 5.74) is 1.83. The number of ether oxygens (including phenoxy) is 1. The SMILES string of the molecule is CN=C(NCC(=O)NCc1ccccc1)NCc1ccc(OCC(F)(F)F)cc1.I. The zero-order valence-corrected chi connectivity index (χ0v) is 18.7. The molecule has 30 heavy (non-hydrogen) atoms. The van der Waals surface area contributed by atoms with Crippen molar-refractivity contribution in [1.29, 1.82) is 0 Å². The van der Waals surface area contributed by atoms with E-state index < -0.39 is 12.8 Å². The van der Waals surface area contributed by atoms with Gasteiger partial charge < -0.3 is 20.7 Å². The Morgan fingerprint density at radius 1 is 0.933 bits per heavy atom. The molecule has 1 amide bonds. The van der Waals surface area contributed by atoms with Gasteiger partial charge in [0.1, 0.15) is 5.75 Å². The van der Waals surface area contributed by atoms with Gasteiger partial charge in [0, 0.05) is 20.1 Å². The number of rotatable bonds is 8. The molecule has 0 radical (unpaired) electrons. The fourth-order valence-electron chi connectivity index (χ4n) is 2.30. The van der Waals surface area contributed by atoms with Gasteiger partial charge in [0.25, 0.3) is 0 Å². The number of alkyl halides is 3. The van der Waals surface area contributed by atoms with Crippen molar-refractivity contribution in [3.05, 3.63) is 65.7 Å². The molecule has 0 aliphatic rings. The number of hydrogen-bond donors (Lipinski definition) is 3. The normalized spacial score (nSPS) is 11.3. The fourth-order valence-corrected chi connectivity index (χ4v) is 2.30. The van der Waals surface area contributed by atoms with Crippen molar-refractivity contribution >= 4 is 35.8 Å². The average Bonchev–Trinajstić information content (AvgIpc) is 2.72. The number of amides is 1. The number of benzene rings is 2. The molecule has 0 bridgehead atoms. The van der Waals surface area contributed by atoms with E-state index in [9.17, 15) is 18.0 Å². The highest BCUT2D eigenvalue weighted by atomic mass is 127. The molecule has 2 aromatic carbocycles. The first-order chi connectivity index (χ1) is 13.9. The van der Waals surface area contributed by atoms with Gasteiger partial charge in [0.2, 0.25) is 5.91 Å². The van der Waals surface area contributed by atoms with Crippen molar-refractivity contribution in [2.75, 3.05) is 20.2 Å². The zero-order chi connectivity index (χ0) is 21.1. The van der Waals surface area contributed by atoms with Gasteiger partial charge in [0.05, 0.1) is 6.54 Å². The molecule has 2 aromatic rings. The molecule has 10 heteroatoms. The minimum atomic E-state index is -4.37. The van der Waals surface area contributed by atoms with E-state index in [1.807, 2.05) is 30.3 Å². The highest BCUT2D eigenvalue weighted by Gasteiger charge is 2.28. The van der Waals surface area contributed by atoms with Crippen molar-refractivity contribution in [2.45, 2.75) is 19.3 Å². The monoisotopic (exact) mass is 536 g/mol. The van der Waals surface area contributed by atoms with Crippen LogP contribution in [0.5, 0.6) is 5.75 Å². The highest BCUT2D eigenvalue weighted by molar-refractivity contribution is 14.0. The number of nitrogens with zero attached hydrogens (tertiary/aromatic N) is 1. The maximum atomic E-state index is 12.1. The lowest BCUT2D eigenvalue weighted by Gasteiger charge is -2.13. The van der Waals surface area contributed by atoms with E-state index in [1.54, 1.807) is 19.2 Å². The van der Waals surface area contributed by atoms with Crippen LogP contribution in [-0.2, 0) is 17.9 Å². The number of guanidine groups is 1. The predicted octanol–water partition coefficient (Wildman–Crippen LogP) is 3.23. The largest absolute Gasteiger partial charge is 0.484 e. The van der Waals surface area contributed by atoms with Gasteiger partial charge >= 0.3 is 6.18 Å². The summed E-state index contributed by atoms with van der Waals surface area (Å²) in [6.45, 7) is -0.453. The van der Waals surface area contributed by atoms with Gasteiger partial charge in [0.15, 0.2) is 12.6 Å². The lowest BCUT2D eigenvalue weighted by atomic mass is 10.2. The number of nitrogens with one attached hydrogen (secondary N) is 3. The van der Waals surface area contributed by atoms with Gasteiger partial charge in [-0.15, -0.1) is 24.0 Å². The fraction of sp³-hybridized carbons (Fsp3) is 0.300. The standard InChI is InChI=1S/C20H23F3N4O2.HI/c1-24-19(27-13-18(28)25-11-15-5-3-2-4-6-15)26-12-16-7-9-17(10-8-16)29-14-20(21,22)23;/h2-10H,11-14H2,1H3,(H,25,28)(H2,24,26,27);1H. The third-order valence-corrected chi connectivity index (χ3v) is 3.76. The maximum absolute atomic E-state index is 12.1. The van der Waals surface area contributed by atoms with Gasteiger partial charge in [-0.2, -0.15) is 13.2 Å². The molecule has 0 aliphatic carbocycles. The molecule has 164 valence electrons. The Kier molecular flexibility index (Phi) is 11.0. The molecular weight excluding hydrogens is 512 g/mol. The van der Waals surface area contributed by atoms with Crippen LogP contribution in [0.2, 0.25) is 0 Å². The lowest BCUT2D eigenvalue weighted by molar-refractivity contribution is -0.153. The van der Waals surface area contributed by atoms with Gasteiger partial charge in [-0.25, -0.2) is 0 Å². The molecule has 6 nitrogen and oxygen atoms in total.